The molecule has 11 rings (SSSR count). The normalized spacial score (nSPS) is 14.0. The number of furan rings is 1. The molecule has 304 valence electrons. The number of pyridine rings is 1. The lowest BCUT2D eigenvalue weighted by molar-refractivity contribution is 0.483. The molecule has 0 unspecified atom stereocenters. The second-order valence-electron chi connectivity index (χ2n) is 16.3. The molecule has 3 aromatic heterocycles. The van der Waals surface area contributed by atoms with E-state index < -0.39 is 60.4 Å². The molecule has 0 fully saturated rings. The fraction of sp³-hybridized carbons (Fsp3) is 0.0702. The van der Waals surface area contributed by atoms with Crippen LogP contribution in [0.3, 0.4) is 0 Å². The Balaban J connectivity index is 1.05. The third-order valence-electron chi connectivity index (χ3n) is 11.2. The Kier molecular flexibility index (Phi) is 6.96. The molecule has 2 N–H and O–H groups in total. The van der Waals surface area contributed by atoms with Crippen LogP contribution in [0.25, 0.3) is 71.8 Å². The summed E-state index contributed by atoms with van der Waals surface area (Å²) in [5.41, 5.74) is 5.40. The number of fused-ring (bicyclic) bond motifs is 6. The van der Waals surface area contributed by atoms with Gasteiger partial charge in [-0.2, -0.15) is 0 Å². The SMILES string of the molecule is [2H]c1c([2H])c([2H])c(-c2cccc(-c3c([2H])c([2H])c([2H])c([2H])c3[2H])c2Nc2c(Nc3cccc(Oc4ccc5c6ccccc6n(-c6cc(C(C)(C)C)ccn6)c5c4)c3)ccc3c2oc2ccccc23)c([2H])c1[2H]. The second-order valence-corrected chi connectivity index (χ2v) is 16.3. The molecule has 0 aliphatic heterocycles. The maximum atomic E-state index is 9.04. The van der Waals surface area contributed by atoms with Crippen LogP contribution >= 0.6 is 0 Å². The zero-order valence-corrected chi connectivity index (χ0v) is 34.5. The van der Waals surface area contributed by atoms with Gasteiger partial charge in [-0.1, -0.05) is 142 Å². The van der Waals surface area contributed by atoms with Gasteiger partial charge < -0.3 is 19.8 Å². The molecule has 0 aliphatic carbocycles. The first-order valence-electron chi connectivity index (χ1n) is 25.5. The molecule has 0 bridgehead atoms. The summed E-state index contributed by atoms with van der Waals surface area (Å²) in [5.74, 6) is 1.91. The van der Waals surface area contributed by atoms with E-state index in [9.17, 15) is 0 Å². The minimum absolute atomic E-state index is 0.0891. The van der Waals surface area contributed by atoms with Crippen LogP contribution in [0.2, 0.25) is 0 Å². The number of ether oxygens (including phenoxy) is 1. The molecule has 0 saturated heterocycles. The van der Waals surface area contributed by atoms with Crippen LogP contribution in [0.5, 0.6) is 11.5 Å². The maximum Gasteiger partial charge on any atom is 0.160 e. The van der Waals surface area contributed by atoms with Crippen molar-refractivity contribution in [2.75, 3.05) is 10.6 Å². The molecule has 0 spiro atoms. The van der Waals surface area contributed by atoms with Gasteiger partial charge in [0.25, 0.3) is 0 Å². The van der Waals surface area contributed by atoms with Gasteiger partial charge >= 0.3 is 0 Å². The van der Waals surface area contributed by atoms with E-state index in [0.29, 0.717) is 39.7 Å². The smallest absolute Gasteiger partial charge is 0.160 e. The van der Waals surface area contributed by atoms with Crippen molar-refractivity contribution in [3.63, 3.8) is 0 Å². The minimum atomic E-state index is -0.581. The topological polar surface area (TPSA) is 64.2 Å². The molecule has 3 heterocycles. The fourth-order valence-electron chi connectivity index (χ4n) is 8.21. The predicted molar refractivity (Wildman–Crippen MR) is 261 cm³/mol. The van der Waals surface area contributed by atoms with Crippen molar-refractivity contribution in [2.24, 2.45) is 0 Å². The van der Waals surface area contributed by atoms with Crippen LogP contribution in [0.15, 0.2) is 204 Å². The average molecular weight is 827 g/mol. The van der Waals surface area contributed by atoms with Gasteiger partial charge in [-0.25, -0.2) is 4.98 Å². The summed E-state index contributed by atoms with van der Waals surface area (Å²) >= 11 is 0. The van der Waals surface area contributed by atoms with Crippen LogP contribution in [0.1, 0.15) is 40.0 Å². The first-order chi connectivity index (χ1) is 35.0. The molecule has 0 saturated carbocycles. The summed E-state index contributed by atoms with van der Waals surface area (Å²) in [6.07, 6.45) is 1.85. The summed E-state index contributed by atoms with van der Waals surface area (Å²) in [7, 11) is 0. The first-order valence-corrected chi connectivity index (χ1v) is 20.5. The van der Waals surface area contributed by atoms with E-state index in [1.807, 2.05) is 97.2 Å². The standard InChI is InChI=1S/C57H44N4O2/c1-57(2,3)39-32-33-58-53(34-39)61-50-26-12-10-22-45(50)46-29-28-42(36-51(46)61)62-41-21-14-20-40(35-41)59-49-31-30-48-47-23-11-13-27-52(47)63-56(48)55(49)60-54-43(37-16-6-4-7-17-37)24-15-25-44(54)38-18-8-5-9-19-38/h4-36,59-60H,1-3H3/i4D,5D,6D,7D,8D,9D,16D,17D,18D,19D. The number of aromatic nitrogens is 2. The summed E-state index contributed by atoms with van der Waals surface area (Å²) in [6, 6.07) is 36.4. The van der Waals surface area contributed by atoms with E-state index in [-0.39, 0.29) is 33.4 Å². The zero-order valence-electron chi connectivity index (χ0n) is 44.5. The van der Waals surface area contributed by atoms with Crippen LogP contribution < -0.4 is 15.4 Å². The summed E-state index contributed by atoms with van der Waals surface area (Å²) in [4.78, 5) is 4.83. The van der Waals surface area contributed by atoms with Gasteiger partial charge in [0.2, 0.25) is 0 Å². The Morgan fingerprint density at radius 1 is 0.571 bits per heavy atom. The maximum absolute atomic E-state index is 9.04. The Morgan fingerprint density at radius 3 is 2.00 bits per heavy atom. The van der Waals surface area contributed by atoms with Crippen LogP contribution in [0.4, 0.5) is 22.7 Å². The van der Waals surface area contributed by atoms with Gasteiger partial charge in [0.05, 0.1) is 36.1 Å². The van der Waals surface area contributed by atoms with Gasteiger partial charge in [-0.15, -0.1) is 0 Å². The molecule has 6 nitrogen and oxygen atoms in total. The lowest BCUT2D eigenvalue weighted by Gasteiger charge is -2.20. The van der Waals surface area contributed by atoms with E-state index in [0.717, 1.165) is 44.0 Å². The Morgan fingerprint density at radius 2 is 1.24 bits per heavy atom. The van der Waals surface area contributed by atoms with Crippen LogP contribution in [-0.4, -0.2) is 9.55 Å². The second kappa shape index (κ2) is 15.4. The minimum Gasteiger partial charge on any atom is -0.457 e. The number of benzene rings is 8. The lowest BCUT2D eigenvalue weighted by atomic mass is 9.88. The molecule has 0 aliphatic rings. The Hall–Kier alpha value is -8.09. The highest BCUT2D eigenvalue weighted by Crippen LogP contribution is 2.45. The monoisotopic (exact) mass is 826 g/mol. The molecule has 0 radical (unpaired) electrons. The van der Waals surface area contributed by atoms with E-state index in [1.165, 1.54) is 0 Å². The van der Waals surface area contributed by atoms with E-state index in [4.69, 9.17) is 27.8 Å². The average Bonchev–Trinajstić information content (AvgIpc) is 3.93. The molecule has 6 heteroatoms. The molecule has 8 aromatic carbocycles. The van der Waals surface area contributed by atoms with Gasteiger partial charge in [0.1, 0.15) is 28.6 Å². The van der Waals surface area contributed by atoms with Crippen LogP contribution in [0, 0.1) is 0 Å². The molecular weight excluding hydrogens is 773 g/mol. The number of para-hydroxylation sites is 3. The van der Waals surface area contributed by atoms with Crippen molar-refractivity contribution in [2.45, 2.75) is 26.2 Å². The first kappa shape index (κ1) is 28.4. The third-order valence-corrected chi connectivity index (χ3v) is 11.2. The number of hydrogen-bond donors (Lipinski definition) is 2. The predicted octanol–water partition coefficient (Wildman–Crippen LogP) is 16.0. The summed E-state index contributed by atoms with van der Waals surface area (Å²) < 4.78 is 103. The highest BCUT2D eigenvalue weighted by atomic mass is 16.5. The third kappa shape index (κ3) is 7.01. The number of hydrogen-bond acceptors (Lipinski definition) is 5. The molecular formula is C57H44N4O2. The largest absolute Gasteiger partial charge is 0.457 e. The van der Waals surface area contributed by atoms with Gasteiger partial charge in [-0.05, 0) is 82.8 Å². The highest BCUT2D eigenvalue weighted by molar-refractivity contribution is 6.13. The Labute approximate surface area is 380 Å². The summed E-state index contributed by atoms with van der Waals surface area (Å²) in [6.45, 7) is 6.54. The molecule has 11 aromatic rings. The Bertz CT molecular complexity index is 3940. The lowest BCUT2D eigenvalue weighted by Crippen LogP contribution is -2.12. The quantitative estimate of drug-likeness (QED) is 0.152. The molecule has 0 amide bonds. The van der Waals surface area contributed by atoms with E-state index in [2.05, 4.69) is 60.2 Å². The number of nitrogens with one attached hydrogen (secondary N) is 2. The highest BCUT2D eigenvalue weighted by Gasteiger charge is 2.21. The van der Waals surface area contributed by atoms with Crippen molar-refractivity contribution in [3.8, 4) is 39.6 Å². The van der Waals surface area contributed by atoms with Crippen LogP contribution in [-0.2, 0) is 5.41 Å². The number of rotatable bonds is 9. The van der Waals surface area contributed by atoms with Gasteiger partial charge in [-0.3, -0.25) is 4.57 Å². The van der Waals surface area contributed by atoms with Crippen molar-refractivity contribution >= 4 is 66.5 Å². The van der Waals surface area contributed by atoms with E-state index >= 15 is 0 Å². The zero-order chi connectivity index (χ0) is 51.2. The van der Waals surface area contributed by atoms with Gasteiger partial charge in [0, 0.05) is 56.7 Å². The molecule has 63 heavy (non-hydrogen) atoms. The molecule has 0 atom stereocenters. The van der Waals surface area contributed by atoms with Crippen molar-refractivity contribution in [1.82, 2.24) is 9.55 Å². The summed E-state index contributed by atoms with van der Waals surface area (Å²) in [5, 5.41) is 10.7. The van der Waals surface area contributed by atoms with E-state index in [1.54, 1.807) is 18.2 Å². The van der Waals surface area contributed by atoms with Crippen molar-refractivity contribution < 1.29 is 22.9 Å². The fourth-order valence-corrected chi connectivity index (χ4v) is 8.21. The van der Waals surface area contributed by atoms with Crippen molar-refractivity contribution in [3.05, 3.63) is 206 Å². The van der Waals surface area contributed by atoms with Gasteiger partial charge in [0.15, 0.2) is 5.58 Å². The van der Waals surface area contributed by atoms with Crippen molar-refractivity contribution in [1.29, 1.82) is 0 Å². The number of nitrogens with zero attached hydrogens (tertiary/aromatic N) is 2. The number of anilines is 4.